The standard InChI is InChI=1S/C20H17F2NO3/c21-14-5-4-13(10-15(14)22)26-17-3-1-2-16(23-17)20-7-6-19(20)11-18(19,8-9-24)12-25-20/h1-5,9-10H,6-8,11-12H2. The summed E-state index contributed by atoms with van der Waals surface area (Å²) in [4.78, 5) is 15.7. The number of carbonyl (C=O) groups excluding carboxylic acids is 1. The SMILES string of the molecule is O=CCC12COC3(c4cccc(Oc5ccc(F)c(F)c5)n4)CCC13C2. The Morgan fingerprint density at radius 2 is 2.08 bits per heavy atom. The van der Waals surface area contributed by atoms with Crippen LogP contribution < -0.4 is 4.74 Å². The van der Waals surface area contributed by atoms with Crippen LogP contribution in [0.5, 0.6) is 11.6 Å². The molecule has 3 fully saturated rings. The Bertz CT molecular complexity index is 916. The Morgan fingerprint density at radius 3 is 2.81 bits per heavy atom. The number of ether oxygens (including phenoxy) is 2. The van der Waals surface area contributed by atoms with Crippen LogP contribution in [0.15, 0.2) is 36.4 Å². The van der Waals surface area contributed by atoms with Crippen LogP contribution in [-0.2, 0) is 15.1 Å². The quantitative estimate of drug-likeness (QED) is 0.755. The van der Waals surface area contributed by atoms with Gasteiger partial charge in [0.1, 0.15) is 17.6 Å². The number of carbonyl (C=O) groups is 1. The van der Waals surface area contributed by atoms with Gasteiger partial charge in [-0.25, -0.2) is 13.8 Å². The fraction of sp³-hybridized carbons (Fsp3) is 0.400. The van der Waals surface area contributed by atoms with Crippen molar-refractivity contribution in [2.24, 2.45) is 10.8 Å². The average Bonchev–Trinajstić information content (AvgIpc) is 3.25. The molecular formula is C20H17F2NO3. The minimum atomic E-state index is -0.967. The maximum Gasteiger partial charge on any atom is 0.219 e. The molecule has 2 aliphatic carbocycles. The summed E-state index contributed by atoms with van der Waals surface area (Å²) >= 11 is 0. The highest BCUT2D eigenvalue weighted by Crippen LogP contribution is 2.86. The molecule has 1 saturated heterocycles. The van der Waals surface area contributed by atoms with Gasteiger partial charge in [0.05, 0.1) is 12.3 Å². The molecule has 6 heteroatoms. The van der Waals surface area contributed by atoms with E-state index in [4.69, 9.17) is 9.47 Å². The van der Waals surface area contributed by atoms with E-state index in [1.54, 1.807) is 6.07 Å². The van der Waals surface area contributed by atoms with E-state index in [9.17, 15) is 13.6 Å². The lowest BCUT2D eigenvalue weighted by Gasteiger charge is -2.47. The van der Waals surface area contributed by atoms with Gasteiger partial charge in [-0.1, -0.05) is 6.07 Å². The zero-order valence-electron chi connectivity index (χ0n) is 14.0. The molecule has 1 spiro atoms. The molecule has 4 nitrogen and oxygen atoms in total. The molecule has 26 heavy (non-hydrogen) atoms. The van der Waals surface area contributed by atoms with E-state index >= 15 is 0 Å². The van der Waals surface area contributed by atoms with Gasteiger partial charge in [0, 0.05) is 29.4 Å². The van der Waals surface area contributed by atoms with Gasteiger partial charge < -0.3 is 14.3 Å². The Hall–Kier alpha value is -2.34. The molecule has 0 radical (unpaired) electrons. The van der Waals surface area contributed by atoms with Crippen LogP contribution in [0.1, 0.15) is 31.4 Å². The number of hydrogen-bond acceptors (Lipinski definition) is 4. The van der Waals surface area contributed by atoms with Gasteiger partial charge in [0.25, 0.3) is 0 Å². The van der Waals surface area contributed by atoms with Crippen molar-refractivity contribution in [1.82, 2.24) is 4.98 Å². The first-order valence-electron chi connectivity index (χ1n) is 8.72. The molecule has 1 aliphatic heterocycles. The summed E-state index contributed by atoms with van der Waals surface area (Å²) in [5.74, 6) is -1.40. The van der Waals surface area contributed by atoms with E-state index in [1.807, 2.05) is 12.1 Å². The highest BCUT2D eigenvalue weighted by atomic mass is 19.2. The maximum atomic E-state index is 13.4. The minimum absolute atomic E-state index is 0.00845. The second-order valence-corrected chi connectivity index (χ2v) is 7.56. The Balaban J connectivity index is 1.44. The average molecular weight is 357 g/mol. The highest BCUT2D eigenvalue weighted by molar-refractivity contribution is 5.55. The number of aldehydes is 1. The number of hydrogen-bond donors (Lipinski definition) is 0. The molecule has 2 saturated carbocycles. The van der Waals surface area contributed by atoms with Gasteiger partial charge >= 0.3 is 0 Å². The van der Waals surface area contributed by atoms with E-state index in [-0.39, 0.29) is 16.6 Å². The van der Waals surface area contributed by atoms with Gasteiger partial charge in [-0.05, 0) is 37.5 Å². The van der Waals surface area contributed by atoms with Gasteiger partial charge in [-0.15, -0.1) is 0 Å². The Kier molecular flexibility index (Phi) is 3.11. The first-order valence-corrected chi connectivity index (χ1v) is 8.72. The monoisotopic (exact) mass is 357 g/mol. The molecule has 2 aromatic rings. The topological polar surface area (TPSA) is 48.4 Å². The molecule has 3 unspecified atom stereocenters. The van der Waals surface area contributed by atoms with E-state index < -0.39 is 17.2 Å². The van der Waals surface area contributed by atoms with Crippen LogP contribution in [0.4, 0.5) is 8.78 Å². The number of nitrogens with zero attached hydrogens (tertiary/aromatic N) is 1. The summed E-state index contributed by atoms with van der Waals surface area (Å²) in [6.07, 6.45) is 4.42. The van der Waals surface area contributed by atoms with Gasteiger partial charge in [-0.2, -0.15) is 0 Å². The van der Waals surface area contributed by atoms with Crippen LogP contribution in [0.3, 0.4) is 0 Å². The normalized spacial score (nSPS) is 33.8. The van der Waals surface area contributed by atoms with Crippen molar-refractivity contribution >= 4 is 6.29 Å². The Labute approximate surface area is 149 Å². The second kappa shape index (κ2) is 5.10. The van der Waals surface area contributed by atoms with Crippen LogP contribution in [0.2, 0.25) is 0 Å². The fourth-order valence-electron chi connectivity index (χ4n) is 5.06. The smallest absolute Gasteiger partial charge is 0.219 e. The van der Waals surface area contributed by atoms with Gasteiger partial charge in [-0.3, -0.25) is 0 Å². The molecule has 134 valence electrons. The summed E-state index contributed by atoms with van der Waals surface area (Å²) in [6, 6.07) is 8.78. The number of pyridine rings is 1. The summed E-state index contributed by atoms with van der Waals surface area (Å²) in [5.41, 5.74) is 0.304. The zero-order valence-corrected chi connectivity index (χ0v) is 14.0. The van der Waals surface area contributed by atoms with Crippen LogP contribution >= 0.6 is 0 Å². The number of rotatable bonds is 5. The Morgan fingerprint density at radius 1 is 1.19 bits per heavy atom. The molecule has 2 heterocycles. The lowest BCUT2D eigenvalue weighted by atomic mass is 9.61. The first kappa shape index (κ1) is 15.9. The largest absolute Gasteiger partial charge is 0.439 e. The molecule has 0 amide bonds. The first-order chi connectivity index (χ1) is 12.5. The van der Waals surface area contributed by atoms with Crippen LogP contribution in [0.25, 0.3) is 0 Å². The number of halogens is 2. The van der Waals surface area contributed by atoms with Gasteiger partial charge in [0.15, 0.2) is 11.6 Å². The summed E-state index contributed by atoms with van der Waals surface area (Å²) < 4.78 is 38.2. The van der Waals surface area contributed by atoms with Crippen molar-refractivity contribution in [3.05, 3.63) is 53.7 Å². The van der Waals surface area contributed by atoms with E-state index in [2.05, 4.69) is 4.98 Å². The highest BCUT2D eigenvalue weighted by Gasteiger charge is 2.85. The molecule has 5 rings (SSSR count). The third-order valence-electron chi connectivity index (χ3n) is 6.53. The predicted molar refractivity (Wildman–Crippen MR) is 87.7 cm³/mol. The second-order valence-electron chi connectivity index (χ2n) is 7.56. The van der Waals surface area contributed by atoms with Crippen molar-refractivity contribution in [3.63, 3.8) is 0 Å². The third kappa shape index (κ3) is 1.85. The molecule has 3 atom stereocenters. The molecule has 1 aromatic carbocycles. The number of aromatic nitrogens is 1. The zero-order chi connectivity index (χ0) is 18.0. The van der Waals surface area contributed by atoms with Crippen LogP contribution in [-0.4, -0.2) is 17.9 Å². The van der Waals surface area contributed by atoms with E-state index in [0.717, 1.165) is 43.4 Å². The summed E-state index contributed by atoms with van der Waals surface area (Å²) in [6.45, 7) is 0.585. The molecule has 0 bridgehead atoms. The summed E-state index contributed by atoms with van der Waals surface area (Å²) in [5, 5.41) is 0. The maximum absolute atomic E-state index is 13.4. The molecule has 0 N–H and O–H groups in total. The minimum Gasteiger partial charge on any atom is -0.439 e. The third-order valence-corrected chi connectivity index (χ3v) is 6.53. The van der Waals surface area contributed by atoms with Crippen molar-refractivity contribution in [2.45, 2.75) is 31.3 Å². The summed E-state index contributed by atoms with van der Waals surface area (Å²) in [7, 11) is 0. The van der Waals surface area contributed by atoms with Gasteiger partial charge in [0.2, 0.25) is 5.88 Å². The number of benzene rings is 1. The van der Waals surface area contributed by atoms with Crippen molar-refractivity contribution in [1.29, 1.82) is 0 Å². The van der Waals surface area contributed by atoms with E-state index in [0.29, 0.717) is 18.9 Å². The van der Waals surface area contributed by atoms with Crippen molar-refractivity contribution in [3.8, 4) is 11.6 Å². The van der Waals surface area contributed by atoms with Crippen LogP contribution in [0, 0.1) is 22.5 Å². The lowest BCUT2D eigenvalue weighted by molar-refractivity contribution is -0.128. The molecular weight excluding hydrogens is 340 g/mol. The lowest BCUT2D eigenvalue weighted by Crippen LogP contribution is -2.47. The molecule has 1 aromatic heterocycles. The molecule has 3 aliphatic rings. The van der Waals surface area contributed by atoms with Crippen molar-refractivity contribution in [2.75, 3.05) is 6.61 Å². The van der Waals surface area contributed by atoms with Crippen molar-refractivity contribution < 1.29 is 23.0 Å². The fourth-order valence-corrected chi connectivity index (χ4v) is 5.06. The predicted octanol–water partition coefficient (Wildman–Crippen LogP) is 4.14. The van der Waals surface area contributed by atoms with E-state index in [1.165, 1.54) is 6.07 Å².